The number of hydrogen-bond donors (Lipinski definition) is 0. The molecule has 3 nitrogen and oxygen atoms in total. The van der Waals surface area contributed by atoms with Gasteiger partial charge in [0.25, 0.3) is 0 Å². The number of halogens is 2. The van der Waals surface area contributed by atoms with Crippen LogP contribution in [0.1, 0.15) is 45.6 Å². The van der Waals surface area contributed by atoms with Gasteiger partial charge in [0.1, 0.15) is 5.75 Å². The van der Waals surface area contributed by atoms with Crippen LogP contribution in [0.5, 0.6) is 5.75 Å². The Morgan fingerprint density at radius 1 is 1.09 bits per heavy atom. The van der Waals surface area contributed by atoms with Crippen LogP contribution in [-0.2, 0) is 9.31 Å². The van der Waals surface area contributed by atoms with Gasteiger partial charge in [0.15, 0.2) is 0 Å². The molecule has 0 aromatic heterocycles. The highest BCUT2D eigenvalue weighted by atomic mass is 19.3. The van der Waals surface area contributed by atoms with Crippen molar-refractivity contribution < 1.29 is 22.8 Å². The van der Waals surface area contributed by atoms with E-state index in [0.29, 0.717) is 11.7 Å². The topological polar surface area (TPSA) is 27.7 Å². The summed E-state index contributed by atoms with van der Waals surface area (Å²) in [5, 5.41) is 0. The van der Waals surface area contributed by atoms with Crippen molar-refractivity contribution in [2.75, 3.05) is 0 Å². The molecule has 2 unspecified atom stereocenters. The van der Waals surface area contributed by atoms with Gasteiger partial charge in [0.2, 0.25) is 0 Å². The summed E-state index contributed by atoms with van der Waals surface area (Å²) in [5.74, 6) is 0.866. The lowest BCUT2D eigenvalue weighted by atomic mass is 9.79. The maximum atomic E-state index is 12.1. The monoisotopic (exact) mass is 310 g/mol. The fourth-order valence-electron chi connectivity index (χ4n) is 2.86. The van der Waals surface area contributed by atoms with Crippen LogP contribution >= 0.6 is 0 Å². The van der Waals surface area contributed by atoms with E-state index in [4.69, 9.17) is 9.31 Å². The van der Waals surface area contributed by atoms with E-state index < -0.39 is 6.61 Å². The average molecular weight is 310 g/mol. The zero-order valence-electron chi connectivity index (χ0n) is 13.3. The average Bonchev–Trinajstić information content (AvgIpc) is 3.13. The molecule has 0 amide bonds. The molecule has 0 spiro atoms. The van der Waals surface area contributed by atoms with Crippen molar-refractivity contribution in [1.82, 2.24) is 0 Å². The van der Waals surface area contributed by atoms with Gasteiger partial charge in [0, 0.05) is 5.82 Å². The summed E-state index contributed by atoms with van der Waals surface area (Å²) in [6.45, 7) is 5.38. The van der Waals surface area contributed by atoms with Crippen LogP contribution in [-0.4, -0.2) is 24.9 Å². The van der Waals surface area contributed by atoms with Crippen molar-refractivity contribution >= 4 is 7.12 Å². The van der Waals surface area contributed by atoms with Gasteiger partial charge in [-0.25, -0.2) is 0 Å². The van der Waals surface area contributed by atoms with E-state index in [1.54, 1.807) is 12.1 Å². The van der Waals surface area contributed by atoms with E-state index in [1.807, 2.05) is 39.8 Å². The lowest BCUT2D eigenvalue weighted by Crippen LogP contribution is -2.41. The Kier molecular flexibility index (Phi) is 3.72. The molecule has 1 aromatic rings. The minimum atomic E-state index is -2.79. The maximum Gasteiger partial charge on any atom is 0.461 e. The first-order chi connectivity index (χ1) is 10.2. The van der Waals surface area contributed by atoms with Crippen LogP contribution in [0.2, 0.25) is 5.82 Å². The van der Waals surface area contributed by atoms with Crippen molar-refractivity contribution in [2.45, 2.75) is 63.7 Å². The molecule has 3 rings (SSSR count). The molecular weight excluding hydrogens is 289 g/mol. The highest BCUT2D eigenvalue weighted by Gasteiger charge is 2.59. The fourth-order valence-corrected chi connectivity index (χ4v) is 2.86. The molecule has 1 aliphatic heterocycles. The van der Waals surface area contributed by atoms with Crippen molar-refractivity contribution in [3.8, 4) is 5.75 Å². The molecule has 1 heterocycles. The summed E-state index contributed by atoms with van der Waals surface area (Å²) in [6.07, 6.45) is 0.992. The van der Waals surface area contributed by atoms with Gasteiger partial charge in [-0.2, -0.15) is 8.78 Å². The molecular formula is C16H21BF2O3. The van der Waals surface area contributed by atoms with E-state index in [-0.39, 0.29) is 24.1 Å². The first-order valence-corrected chi connectivity index (χ1v) is 7.60. The van der Waals surface area contributed by atoms with Gasteiger partial charge in [-0.15, -0.1) is 0 Å². The molecule has 2 atom stereocenters. The van der Waals surface area contributed by atoms with Crippen molar-refractivity contribution in [1.29, 1.82) is 0 Å². The van der Waals surface area contributed by atoms with E-state index in [1.165, 1.54) is 0 Å². The Labute approximate surface area is 130 Å². The molecule has 120 valence electrons. The summed E-state index contributed by atoms with van der Waals surface area (Å²) in [4.78, 5) is 0. The summed E-state index contributed by atoms with van der Waals surface area (Å²) in [7, 11) is -0.202. The minimum absolute atomic E-state index is 0.187. The zero-order valence-corrected chi connectivity index (χ0v) is 13.3. The molecule has 1 aromatic carbocycles. The number of hydrogen-bond acceptors (Lipinski definition) is 3. The summed E-state index contributed by atoms with van der Waals surface area (Å²) in [5.41, 5.74) is 0.473. The molecule has 2 aliphatic rings. The molecule has 0 N–H and O–H groups in total. The zero-order chi connectivity index (χ0) is 16.1. The maximum absolute atomic E-state index is 12.1. The summed E-state index contributed by atoms with van der Waals surface area (Å²) >= 11 is 0. The first-order valence-electron chi connectivity index (χ1n) is 7.60. The molecule has 0 radical (unpaired) electrons. The predicted molar refractivity (Wildman–Crippen MR) is 80.3 cm³/mol. The third kappa shape index (κ3) is 2.86. The molecule has 0 bridgehead atoms. The Hall–Kier alpha value is -1.14. The van der Waals surface area contributed by atoms with Gasteiger partial charge >= 0.3 is 13.7 Å². The fraction of sp³-hybridized carbons (Fsp3) is 0.625. The molecule has 22 heavy (non-hydrogen) atoms. The van der Waals surface area contributed by atoms with Gasteiger partial charge in [0.05, 0.1) is 11.2 Å². The van der Waals surface area contributed by atoms with Gasteiger partial charge in [-0.3, -0.25) is 0 Å². The minimum Gasteiger partial charge on any atom is -0.435 e. The second-order valence-corrected chi connectivity index (χ2v) is 7.08. The van der Waals surface area contributed by atoms with Gasteiger partial charge < -0.3 is 14.0 Å². The van der Waals surface area contributed by atoms with E-state index in [0.717, 1.165) is 12.0 Å². The second-order valence-electron chi connectivity index (χ2n) is 7.08. The standard InChI is InChI=1S/C16H21BF2O3/c1-15(2)16(3,4)22-17(21-15)13-9-12(13)10-5-7-11(8-6-10)20-14(18)19/h5-8,12-14H,9H2,1-4H3. The van der Waals surface area contributed by atoms with Gasteiger partial charge in [-0.05, 0) is 57.7 Å². The number of benzene rings is 1. The highest BCUT2D eigenvalue weighted by molar-refractivity contribution is 6.49. The van der Waals surface area contributed by atoms with Gasteiger partial charge in [-0.1, -0.05) is 12.1 Å². The lowest BCUT2D eigenvalue weighted by molar-refractivity contribution is -0.0498. The quantitative estimate of drug-likeness (QED) is 0.779. The number of rotatable bonds is 4. The lowest BCUT2D eigenvalue weighted by Gasteiger charge is -2.32. The van der Waals surface area contributed by atoms with Crippen LogP contribution in [0.4, 0.5) is 8.78 Å². The molecule has 1 saturated heterocycles. The third-order valence-corrected chi connectivity index (χ3v) is 4.99. The van der Waals surface area contributed by atoms with E-state index in [2.05, 4.69) is 4.74 Å². The van der Waals surface area contributed by atoms with Crippen LogP contribution in [0.15, 0.2) is 24.3 Å². The van der Waals surface area contributed by atoms with Crippen LogP contribution < -0.4 is 4.74 Å². The third-order valence-electron chi connectivity index (χ3n) is 4.99. The molecule has 1 saturated carbocycles. The smallest absolute Gasteiger partial charge is 0.435 e. The Morgan fingerprint density at radius 3 is 2.14 bits per heavy atom. The summed E-state index contributed by atoms with van der Waals surface area (Å²) < 4.78 is 40.8. The molecule has 1 aliphatic carbocycles. The van der Waals surface area contributed by atoms with Crippen LogP contribution in [0.25, 0.3) is 0 Å². The predicted octanol–water partition coefficient (Wildman–Crippen LogP) is 4.24. The van der Waals surface area contributed by atoms with Crippen molar-refractivity contribution in [2.24, 2.45) is 0 Å². The van der Waals surface area contributed by atoms with Crippen LogP contribution in [0, 0.1) is 0 Å². The number of ether oxygens (including phenoxy) is 1. The Bertz CT molecular complexity index is 529. The first kappa shape index (κ1) is 15.7. The molecule has 2 fully saturated rings. The highest BCUT2D eigenvalue weighted by Crippen LogP contribution is 2.58. The van der Waals surface area contributed by atoms with Crippen molar-refractivity contribution in [3.63, 3.8) is 0 Å². The number of alkyl halides is 2. The largest absolute Gasteiger partial charge is 0.461 e. The Morgan fingerprint density at radius 2 is 1.64 bits per heavy atom. The summed E-state index contributed by atoms with van der Waals surface area (Å²) in [6, 6.07) is 6.85. The van der Waals surface area contributed by atoms with E-state index in [9.17, 15) is 8.78 Å². The SMILES string of the molecule is CC1(C)OB(C2CC2c2ccc(OC(F)F)cc2)OC1(C)C. The Balaban J connectivity index is 1.63. The van der Waals surface area contributed by atoms with E-state index >= 15 is 0 Å². The second kappa shape index (κ2) is 5.20. The van der Waals surface area contributed by atoms with Crippen molar-refractivity contribution in [3.05, 3.63) is 29.8 Å². The van der Waals surface area contributed by atoms with Crippen LogP contribution in [0.3, 0.4) is 0 Å². The molecule has 6 heteroatoms. The normalized spacial score (nSPS) is 29.0.